The van der Waals surface area contributed by atoms with Gasteiger partial charge in [0, 0.05) is 0 Å². The standard InChI is InChI=1S/3C18H15P.CHNS.Au/c3*1-4-10-16(11-5-1)19(17-12-6-2-7-13-17)18-14-8-3-9-15-18;2-1-3;/h3*1-15H;3H;/q;;;;+1/p+2. The molecular formula is C55H48AuNP3S+3. The van der Waals surface area contributed by atoms with E-state index in [1.807, 2.05) is 0 Å². The first-order valence-corrected chi connectivity index (χ1v) is 24.8. The molecule has 0 saturated carbocycles. The number of benzene rings is 9. The molecule has 0 unspecified atom stereocenters. The summed E-state index contributed by atoms with van der Waals surface area (Å²) in [6, 6.07) is 97.5. The van der Waals surface area contributed by atoms with Crippen LogP contribution in [-0.2, 0) is 35.0 Å². The van der Waals surface area contributed by atoms with Gasteiger partial charge in [-0.2, -0.15) is 0 Å². The molecule has 0 radical (unpaired) electrons. The number of hydrogen-bond donors (Lipinski definition) is 0. The molecule has 0 saturated heterocycles. The van der Waals surface area contributed by atoms with Crippen molar-refractivity contribution >= 4 is 84.1 Å². The summed E-state index contributed by atoms with van der Waals surface area (Å²) in [5.41, 5.74) is 0. The van der Waals surface area contributed by atoms with Crippen LogP contribution in [0.1, 0.15) is 0 Å². The molecule has 0 aliphatic heterocycles. The number of nitriles is 1. The Balaban J connectivity index is 0.000000166. The number of nitrogens with zero attached hydrogens (tertiary/aromatic N) is 1. The molecule has 0 aliphatic rings. The van der Waals surface area contributed by atoms with Gasteiger partial charge in [-0.15, -0.1) is 0 Å². The van der Waals surface area contributed by atoms with Gasteiger partial charge in [0.1, 0.15) is 47.7 Å². The summed E-state index contributed by atoms with van der Waals surface area (Å²) >= 11 is 3.70. The molecule has 0 spiro atoms. The first-order chi connectivity index (χ1) is 29.8. The van der Waals surface area contributed by atoms with Crippen LogP contribution in [0.4, 0.5) is 0 Å². The maximum Gasteiger partial charge on any atom is 1.00 e. The van der Waals surface area contributed by atoms with Gasteiger partial charge < -0.3 is 12.6 Å². The second-order valence-corrected chi connectivity index (χ2v) is 21.1. The Labute approximate surface area is 387 Å². The molecule has 0 heterocycles. The molecule has 0 N–H and O–H groups in total. The Hall–Kier alpha value is -5.28. The molecule has 9 aromatic rings. The molecular weight excluding hydrogens is 997 g/mol. The van der Waals surface area contributed by atoms with Crippen LogP contribution in [0.15, 0.2) is 273 Å². The molecule has 302 valence electrons. The first kappa shape index (κ1) is 46.8. The first-order valence-electron chi connectivity index (χ1n) is 19.9. The van der Waals surface area contributed by atoms with E-state index in [2.05, 4.69) is 286 Å². The molecule has 9 rings (SSSR count). The van der Waals surface area contributed by atoms with Gasteiger partial charge in [-0.1, -0.05) is 169 Å². The van der Waals surface area contributed by atoms with Crippen molar-refractivity contribution in [2.75, 3.05) is 0 Å². The van der Waals surface area contributed by atoms with Gasteiger partial charge in [0.25, 0.3) is 0 Å². The van der Waals surface area contributed by atoms with Gasteiger partial charge in [-0.25, -0.2) is 5.26 Å². The zero-order valence-corrected chi connectivity index (χ0v) is 39.6. The zero-order valence-electron chi connectivity index (χ0n) is 33.6. The van der Waals surface area contributed by atoms with Crippen molar-refractivity contribution in [2.45, 2.75) is 0 Å². The molecule has 0 bridgehead atoms. The number of thiocyanates is 1. The van der Waals surface area contributed by atoms with E-state index in [0.717, 1.165) is 0 Å². The van der Waals surface area contributed by atoms with Crippen molar-refractivity contribution in [1.82, 2.24) is 0 Å². The normalized spacial score (nSPS) is 10.0. The van der Waals surface area contributed by atoms with Crippen LogP contribution in [0, 0.1) is 10.7 Å². The van der Waals surface area contributed by atoms with Crippen molar-refractivity contribution in [2.24, 2.45) is 0 Å². The van der Waals surface area contributed by atoms with Gasteiger partial charge in [0.05, 0.1) is 23.8 Å². The quantitative estimate of drug-likeness (QED) is 0.0623. The fraction of sp³-hybridized carbons (Fsp3) is 0. The van der Waals surface area contributed by atoms with Crippen LogP contribution >= 0.6 is 23.8 Å². The SMILES string of the molecule is N#C[S-].[Au+].c1ccc([PH+](c2ccccc2)c2ccccc2)cc1.c1ccc([PH+](c2ccccc2)c2ccccc2)cc1.c1ccc([PH+](c2ccccc2)c2ccccc2)cc1. The van der Waals surface area contributed by atoms with E-state index >= 15 is 0 Å². The Kier molecular flexibility index (Phi) is 20.6. The molecule has 0 fully saturated rings. The second kappa shape index (κ2) is 26.8. The van der Waals surface area contributed by atoms with Crippen LogP contribution in [0.5, 0.6) is 0 Å². The van der Waals surface area contributed by atoms with Gasteiger partial charge in [0.2, 0.25) is 0 Å². The summed E-state index contributed by atoms with van der Waals surface area (Å²) < 4.78 is 0. The summed E-state index contributed by atoms with van der Waals surface area (Å²) in [5.74, 6) is 0. The van der Waals surface area contributed by atoms with E-state index in [9.17, 15) is 0 Å². The summed E-state index contributed by atoms with van der Waals surface area (Å²) in [6.45, 7) is 0. The third-order valence-corrected chi connectivity index (χ3v) is 17.8. The summed E-state index contributed by atoms with van der Waals surface area (Å²) in [4.78, 5) is 0. The van der Waals surface area contributed by atoms with Crippen LogP contribution in [0.3, 0.4) is 0 Å². The van der Waals surface area contributed by atoms with Gasteiger partial charge >= 0.3 is 22.4 Å². The maximum absolute atomic E-state index is 7.13. The fourth-order valence-electron chi connectivity index (χ4n) is 6.94. The predicted molar refractivity (Wildman–Crippen MR) is 273 cm³/mol. The van der Waals surface area contributed by atoms with E-state index in [1.54, 1.807) is 0 Å². The van der Waals surface area contributed by atoms with Crippen molar-refractivity contribution in [3.63, 3.8) is 0 Å². The minimum absolute atomic E-state index is 0. The number of hydrogen-bond acceptors (Lipinski definition) is 2. The Bertz CT molecular complexity index is 1970. The fourth-order valence-corrected chi connectivity index (χ4v) is 14.7. The summed E-state index contributed by atoms with van der Waals surface area (Å²) in [7, 11) is -2.63. The van der Waals surface area contributed by atoms with E-state index in [-0.39, 0.29) is 22.4 Å². The Morgan fingerprint density at radius 1 is 0.230 bits per heavy atom. The Morgan fingerprint density at radius 3 is 0.393 bits per heavy atom. The van der Waals surface area contributed by atoms with E-state index < -0.39 is 23.8 Å². The monoisotopic (exact) mass is 1040 g/mol. The molecule has 0 aromatic heterocycles. The largest absolute Gasteiger partial charge is 1.00 e. The van der Waals surface area contributed by atoms with Crippen LogP contribution in [0.2, 0.25) is 0 Å². The third-order valence-electron chi connectivity index (χ3n) is 9.56. The number of rotatable bonds is 9. The van der Waals surface area contributed by atoms with E-state index in [4.69, 9.17) is 5.26 Å². The average Bonchev–Trinajstić information content (AvgIpc) is 3.33. The van der Waals surface area contributed by atoms with Crippen LogP contribution in [0.25, 0.3) is 0 Å². The minimum Gasteiger partial charge on any atom is -0.696 e. The van der Waals surface area contributed by atoms with Gasteiger partial charge in [-0.3, -0.25) is 0 Å². The molecule has 0 atom stereocenters. The van der Waals surface area contributed by atoms with Gasteiger partial charge in [-0.05, 0) is 109 Å². The predicted octanol–water partition coefficient (Wildman–Crippen LogP) is 9.54. The molecule has 0 amide bonds. The van der Waals surface area contributed by atoms with Gasteiger partial charge in [0.15, 0.2) is 0 Å². The maximum atomic E-state index is 7.13. The average molecular weight is 1040 g/mol. The second-order valence-electron chi connectivity index (χ2n) is 13.5. The van der Waals surface area contributed by atoms with Crippen molar-refractivity contribution in [3.05, 3.63) is 273 Å². The smallest absolute Gasteiger partial charge is 0.696 e. The van der Waals surface area contributed by atoms with Crippen LogP contribution < -0.4 is 47.7 Å². The Morgan fingerprint density at radius 2 is 0.311 bits per heavy atom. The summed E-state index contributed by atoms with van der Waals surface area (Å²) in [5, 5.41) is 21.4. The third kappa shape index (κ3) is 14.4. The molecule has 9 aromatic carbocycles. The molecule has 1 nitrogen and oxygen atoms in total. The molecule has 6 heteroatoms. The van der Waals surface area contributed by atoms with E-state index in [0.29, 0.717) is 0 Å². The topological polar surface area (TPSA) is 23.8 Å². The van der Waals surface area contributed by atoms with Crippen molar-refractivity contribution < 1.29 is 22.4 Å². The zero-order chi connectivity index (χ0) is 41.5. The minimum atomic E-state index is -0.877. The van der Waals surface area contributed by atoms with Crippen LogP contribution in [-0.4, -0.2) is 0 Å². The molecule has 61 heavy (non-hydrogen) atoms. The van der Waals surface area contributed by atoms with Crippen molar-refractivity contribution in [3.8, 4) is 5.40 Å². The van der Waals surface area contributed by atoms with Crippen molar-refractivity contribution in [1.29, 1.82) is 5.26 Å². The summed E-state index contributed by atoms with van der Waals surface area (Å²) in [6.07, 6.45) is 0. The molecule has 0 aliphatic carbocycles. The van der Waals surface area contributed by atoms with E-state index in [1.165, 1.54) is 53.1 Å².